The Morgan fingerprint density at radius 1 is 1.47 bits per heavy atom. The fourth-order valence-corrected chi connectivity index (χ4v) is 2.36. The number of nitrogens with two attached hydrogens (primary N) is 1. The van der Waals surface area contributed by atoms with Crippen molar-refractivity contribution in [2.24, 2.45) is 5.92 Å². The van der Waals surface area contributed by atoms with Crippen LogP contribution >= 0.6 is 11.8 Å². The van der Waals surface area contributed by atoms with Crippen LogP contribution in [0.4, 0.5) is 10.1 Å². The van der Waals surface area contributed by atoms with Crippen LogP contribution in [0.25, 0.3) is 0 Å². The standard InChI is InChI=1S/C12H16FNO2S/c1-7(12(15)16-3)8(2)17-11-5-4-9(13)6-10(11)14/h4-8H,14H2,1-3H3. The maximum Gasteiger partial charge on any atom is 0.309 e. The van der Waals surface area contributed by atoms with Gasteiger partial charge in [0.05, 0.1) is 13.0 Å². The number of carbonyl (C=O) groups excluding carboxylic acids is 1. The van der Waals surface area contributed by atoms with Gasteiger partial charge in [-0.1, -0.05) is 13.8 Å². The second-order valence-electron chi connectivity index (χ2n) is 3.82. The summed E-state index contributed by atoms with van der Waals surface area (Å²) < 4.78 is 17.5. The first-order valence-electron chi connectivity index (χ1n) is 5.25. The number of hydrogen-bond acceptors (Lipinski definition) is 4. The second-order valence-corrected chi connectivity index (χ2v) is 5.24. The first-order chi connectivity index (χ1) is 7.95. The van der Waals surface area contributed by atoms with E-state index in [0.29, 0.717) is 5.69 Å². The topological polar surface area (TPSA) is 52.3 Å². The lowest BCUT2D eigenvalue weighted by atomic mass is 10.1. The van der Waals surface area contributed by atoms with Crippen molar-refractivity contribution in [3.05, 3.63) is 24.0 Å². The van der Waals surface area contributed by atoms with Gasteiger partial charge in [0.25, 0.3) is 0 Å². The van der Waals surface area contributed by atoms with Gasteiger partial charge in [-0.25, -0.2) is 4.39 Å². The van der Waals surface area contributed by atoms with Crippen LogP contribution < -0.4 is 5.73 Å². The Bertz CT molecular complexity index is 411. The Morgan fingerprint density at radius 2 is 2.12 bits per heavy atom. The van der Waals surface area contributed by atoms with Crippen molar-refractivity contribution < 1.29 is 13.9 Å². The second kappa shape index (κ2) is 5.91. The van der Waals surface area contributed by atoms with E-state index in [1.54, 1.807) is 13.0 Å². The molecule has 5 heteroatoms. The molecule has 0 aliphatic carbocycles. The fourth-order valence-electron chi connectivity index (χ4n) is 1.31. The molecule has 0 aliphatic heterocycles. The molecule has 0 radical (unpaired) electrons. The molecular formula is C12H16FNO2S. The maximum atomic E-state index is 12.9. The predicted molar refractivity (Wildman–Crippen MR) is 67.3 cm³/mol. The Balaban J connectivity index is 2.74. The molecule has 0 amide bonds. The van der Waals surface area contributed by atoms with E-state index in [4.69, 9.17) is 5.73 Å². The van der Waals surface area contributed by atoms with E-state index in [1.165, 1.54) is 31.0 Å². The molecule has 2 unspecified atom stereocenters. The third-order valence-electron chi connectivity index (χ3n) is 2.56. The molecule has 3 nitrogen and oxygen atoms in total. The molecule has 0 aromatic heterocycles. The normalized spacial score (nSPS) is 14.1. The molecule has 0 fully saturated rings. The molecule has 2 N–H and O–H groups in total. The van der Waals surface area contributed by atoms with Gasteiger partial charge < -0.3 is 10.5 Å². The molecule has 0 bridgehead atoms. The van der Waals surface area contributed by atoms with Gasteiger partial charge in [0.1, 0.15) is 5.82 Å². The minimum atomic E-state index is -0.361. The third kappa shape index (κ3) is 3.63. The van der Waals surface area contributed by atoms with Crippen LogP contribution in [0, 0.1) is 11.7 Å². The number of benzene rings is 1. The summed E-state index contributed by atoms with van der Waals surface area (Å²) in [5.74, 6) is -0.861. The number of halogens is 1. The van der Waals surface area contributed by atoms with Gasteiger partial charge in [0, 0.05) is 15.8 Å². The number of methoxy groups -OCH3 is 1. The summed E-state index contributed by atoms with van der Waals surface area (Å²) in [5, 5.41) is 0.00945. The number of carbonyl (C=O) groups is 1. The number of rotatable bonds is 4. The van der Waals surface area contributed by atoms with Crippen LogP contribution in [0.1, 0.15) is 13.8 Å². The lowest BCUT2D eigenvalue weighted by Crippen LogP contribution is -2.22. The molecule has 0 saturated heterocycles. The third-order valence-corrected chi connectivity index (χ3v) is 3.97. The van der Waals surface area contributed by atoms with Crippen molar-refractivity contribution in [1.29, 1.82) is 0 Å². The number of ether oxygens (including phenoxy) is 1. The summed E-state index contributed by atoms with van der Waals surface area (Å²) in [6.45, 7) is 3.71. The van der Waals surface area contributed by atoms with Gasteiger partial charge in [-0.15, -0.1) is 11.8 Å². The summed E-state index contributed by atoms with van der Waals surface area (Å²) in [6.07, 6.45) is 0. The highest BCUT2D eigenvalue weighted by Gasteiger charge is 2.22. The van der Waals surface area contributed by atoms with Crippen LogP contribution in [0.15, 0.2) is 23.1 Å². The van der Waals surface area contributed by atoms with Gasteiger partial charge in [0.2, 0.25) is 0 Å². The number of hydrogen-bond donors (Lipinski definition) is 1. The van der Waals surface area contributed by atoms with E-state index >= 15 is 0 Å². The number of thioether (sulfide) groups is 1. The van der Waals surface area contributed by atoms with Crippen molar-refractivity contribution in [3.8, 4) is 0 Å². The van der Waals surface area contributed by atoms with Gasteiger partial charge in [-0.2, -0.15) is 0 Å². The molecule has 1 rings (SSSR count). The van der Waals surface area contributed by atoms with Crippen molar-refractivity contribution in [1.82, 2.24) is 0 Å². The van der Waals surface area contributed by atoms with E-state index in [-0.39, 0.29) is 23.0 Å². The summed E-state index contributed by atoms with van der Waals surface area (Å²) in [7, 11) is 1.36. The minimum Gasteiger partial charge on any atom is -0.469 e. The lowest BCUT2D eigenvalue weighted by molar-refractivity contribution is -0.144. The smallest absolute Gasteiger partial charge is 0.309 e. The molecule has 0 aliphatic rings. The zero-order valence-corrected chi connectivity index (χ0v) is 10.9. The SMILES string of the molecule is COC(=O)C(C)C(C)Sc1ccc(F)cc1N. The summed E-state index contributed by atoms with van der Waals surface area (Å²) in [5.41, 5.74) is 6.09. The van der Waals surface area contributed by atoms with E-state index < -0.39 is 0 Å². The number of anilines is 1. The first kappa shape index (κ1) is 13.8. The molecular weight excluding hydrogens is 241 g/mol. The minimum absolute atomic E-state index is 0.00945. The molecule has 0 heterocycles. The van der Waals surface area contributed by atoms with E-state index in [1.807, 2.05) is 6.92 Å². The fraction of sp³-hybridized carbons (Fsp3) is 0.417. The molecule has 1 aromatic carbocycles. The van der Waals surface area contributed by atoms with Crippen LogP contribution in [0.2, 0.25) is 0 Å². The largest absolute Gasteiger partial charge is 0.469 e. The first-order valence-corrected chi connectivity index (χ1v) is 6.13. The Morgan fingerprint density at radius 3 is 2.65 bits per heavy atom. The Kier molecular flexibility index (Phi) is 4.81. The van der Waals surface area contributed by atoms with Gasteiger partial charge in [-0.3, -0.25) is 4.79 Å². The molecule has 1 aromatic rings. The Hall–Kier alpha value is -1.23. The van der Waals surface area contributed by atoms with Crippen LogP contribution in [0.5, 0.6) is 0 Å². The lowest BCUT2D eigenvalue weighted by Gasteiger charge is -2.18. The predicted octanol–water partition coefficient (Wildman–Crippen LogP) is 2.70. The average Bonchev–Trinajstić information content (AvgIpc) is 2.30. The van der Waals surface area contributed by atoms with Gasteiger partial charge in [0.15, 0.2) is 0 Å². The summed E-state index contributed by atoms with van der Waals surface area (Å²) in [6, 6.07) is 4.25. The van der Waals surface area contributed by atoms with Gasteiger partial charge >= 0.3 is 5.97 Å². The van der Waals surface area contributed by atoms with Crippen LogP contribution in [0.3, 0.4) is 0 Å². The van der Waals surface area contributed by atoms with Crippen molar-refractivity contribution in [2.45, 2.75) is 24.0 Å². The zero-order chi connectivity index (χ0) is 13.0. The zero-order valence-electron chi connectivity index (χ0n) is 10.1. The van der Waals surface area contributed by atoms with Crippen molar-refractivity contribution >= 4 is 23.4 Å². The van der Waals surface area contributed by atoms with Crippen molar-refractivity contribution in [3.63, 3.8) is 0 Å². The monoisotopic (exact) mass is 257 g/mol. The van der Waals surface area contributed by atoms with E-state index in [9.17, 15) is 9.18 Å². The number of esters is 1. The highest BCUT2D eigenvalue weighted by molar-refractivity contribution is 8.00. The summed E-state index contributed by atoms with van der Waals surface area (Å²) >= 11 is 1.44. The van der Waals surface area contributed by atoms with Crippen LogP contribution in [-0.4, -0.2) is 18.3 Å². The molecule has 17 heavy (non-hydrogen) atoms. The molecule has 94 valence electrons. The van der Waals surface area contributed by atoms with Crippen LogP contribution in [-0.2, 0) is 9.53 Å². The average molecular weight is 257 g/mol. The van der Waals surface area contributed by atoms with Crippen molar-refractivity contribution in [2.75, 3.05) is 12.8 Å². The quantitative estimate of drug-likeness (QED) is 0.512. The maximum absolute atomic E-state index is 12.9. The summed E-state index contributed by atoms with van der Waals surface area (Å²) in [4.78, 5) is 12.1. The Labute approximate surface area is 105 Å². The number of nitrogen functional groups attached to an aromatic ring is 1. The molecule has 2 atom stereocenters. The highest BCUT2D eigenvalue weighted by Crippen LogP contribution is 2.32. The highest BCUT2D eigenvalue weighted by atomic mass is 32.2. The molecule has 0 spiro atoms. The van der Waals surface area contributed by atoms with E-state index in [2.05, 4.69) is 4.74 Å². The van der Waals surface area contributed by atoms with E-state index in [0.717, 1.165) is 4.90 Å². The molecule has 0 saturated carbocycles. The van der Waals surface area contributed by atoms with Gasteiger partial charge in [-0.05, 0) is 18.2 Å².